The maximum absolute atomic E-state index is 14.2. The Balaban J connectivity index is 1.64. The standard InChI is InChI=1S/C23H16FNO2/c24-17-13-7-8-14-18(17)25-21(26)19-20(22(25)27)23(19,15-9-3-1-4-10-15)16-11-5-2-6-12-16/h1-14,19-20H. The minimum atomic E-state index is -0.668. The summed E-state index contributed by atoms with van der Waals surface area (Å²) in [7, 11) is 0. The maximum atomic E-state index is 14.2. The Morgan fingerprint density at radius 1 is 0.667 bits per heavy atom. The molecule has 0 radical (unpaired) electrons. The second-order valence-corrected chi connectivity index (χ2v) is 7.02. The van der Waals surface area contributed by atoms with Crippen LogP contribution < -0.4 is 4.90 Å². The number of fused-ring (bicyclic) bond motifs is 1. The number of halogens is 1. The number of carbonyl (C=O) groups is 2. The first-order valence-electron chi connectivity index (χ1n) is 8.90. The van der Waals surface area contributed by atoms with E-state index in [1.54, 1.807) is 12.1 Å². The molecule has 1 saturated carbocycles. The molecular formula is C23H16FNO2. The average Bonchev–Trinajstić information content (AvgIpc) is 3.35. The van der Waals surface area contributed by atoms with Gasteiger partial charge in [0.05, 0.1) is 17.5 Å². The number of hydrogen-bond donors (Lipinski definition) is 0. The summed E-state index contributed by atoms with van der Waals surface area (Å²) in [6, 6.07) is 25.2. The minimum Gasteiger partial charge on any atom is -0.274 e. The lowest BCUT2D eigenvalue weighted by molar-refractivity contribution is -0.124. The first-order valence-corrected chi connectivity index (χ1v) is 8.90. The topological polar surface area (TPSA) is 37.4 Å². The van der Waals surface area contributed by atoms with Gasteiger partial charge in [-0.05, 0) is 23.3 Å². The van der Waals surface area contributed by atoms with Crippen LogP contribution in [0, 0.1) is 17.7 Å². The number of rotatable bonds is 3. The van der Waals surface area contributed by atoms with Crippen molar-refractivity contribution < 1.29 is 14.0 Å². The number of para-hydroxylation sites is 1. The van der Waals surface area contributed by atoms with Crippen LogP contribution in [0.1, 0.15) is 11.1 Å². The lowest BCUT2D eigenvalue weighted by Gasteiger charge is -2.26. The molecule has 1 saturated heterocycles. The highest BCUT2D eigenvalue weighted by molar-refractivity contribution is 6.27. The summed E-state index contributed by atoms with van der Waals surface area (Å²) in [6.07, 6.45) is 0. The van der Waals surface area contributed by atoms with Crippen LogP contribution in [0.25, 0.3) is 0 Å². The van der Waals surface area contributed by atoms with Crippen LogP contribution in [0.2, 0.25) is 0 Å². The van der Waals surface area contributed by atoms with Crippen molar-refractivity contribution in [2.75, 3.05) is 4.90 Å². The monoisotopic (exact) mass is 357 g/mol. The number of imide groups is 1. The van der Waals surface area contributed by atoms with Gasteiger partial charge in [0.1, 0.15) is 5.82 Å². The van der Waals surface area contributed by atoms with Crippen molar-refractivity contribution in [3.05, 3.63) is 102 Å². The zero-order valence-corrected chi connectivity index (χ0v) is 14.4. The van der Waals surface area contributed by atoms with Crippen LogP contribution in [0.4, 0.5) is 10.1 Å². The third kappa shape index (κ3) is 2.01. The summed E-state index contributed by atoms with van der Waals surface area (Å²) in [5, 5.41) is 0. The molecule has 0 N–H and O–H groups in total. The molecule has 2 atom stereocenters. The van der Waals surface area contributed by atoms with E-state index in [4.69, 9.17) is 0 Å². The molecule has 4 heteroatoms. The Hall–Kier alpha value is -3.27. The average molecular weight is 357 g/mol. The number of hydrogen-bond acceptors (Lipinski definition) is 2. The summed E-state index contributed by atoms with van der Waals surface area (Å²) in [6.45, 7) is 0. The summed E-state index contributed by atoms with van der Waals surface area (Å²) < 4.78 is 14.2. The number of benzene rings is 3. The second kappa shape index (κ2) is 5.61. The van der Waals surface area contributed by atoms with E-state index < -0.39 is 23.1 Å². The zero-order valence-electron chi connectivity index (χ0n) is 14.4. The number of carbonyl (C=O) groups excluding carboxylic acids is 2. The van der Waals surface area contributed by atoms with Crippen LogP contribution in [-0.4, -0.2) is 11.8 Å². The molecule has 2 aliphatic rings. The fraction of sp³-hybridized carbons (Fsp3) is 0.130. The summed E-state index contributed by atoms with van der Waals surface area (Å²) >= 11 is 0. The third-order valence-electron chi connectivity index (χ3n) is 5.77. The highest BCUT2D eigenvalue weighted by Gasteiger charge is 2.78. The van der Waals surface area contributed by atoms with Gasteiger partial charge in [-0.25, -0.2) is 9.29 Å². The predicted octanol–water partition coefficient (Wildman–Crippen LogP) is 3.93. The fourth-order valence-corrected chi connectivity index (χ4v) is 4.63. The van der Waals surface area contributed by atoms with Gasteiger partial charge < -0.3 is 0 Å². The smallest absolute Gasteiger partial charge is 0.239 e. The Labute approximate surface area is 156 Å². The van der Waals surface area contributed by atoms with Gasteiger partial charge in [0.25, 0.3) is 0 Å². The van der Waals surface area contributed by atoms with E-state index in [1.165, 1.54) is 12.1 Å². The van der Waals surface area contributed by atoms with E-state index >= 15 is 0 Å². The van der Waals surface area contributed by atoms with Gasteiger partial charge in [0, 0.05) is 5.41 Å². The van der Waals surface area contributed by atoms with Crippen LogP contribution in [0.3, 0.4) is 0 Å². The SMILES string of the molecule is O=C1C2C(C(=O)N1c1ccccc1F)C2(c1ccccc1)c1ccccc1. The molecule has 3 nitrogen and oxygen atoms in total. The van der Waals surface area contributed by atoms with Crippen molar-refractivity contribution in [2.24, 2.45) is 11.8 Å². The number of anilines is 1. The van der Waals surface area contributed by atoms with E-state index in [9.17, 15) is 14.0 Å². The summed E-state index contributed by atoms with van der Waals surface area (Å²) in [5.41, 5.74) is 1.26. The van der Waals surface area contributed by atoms with Crippen molar-refractivity contribution in [1.29, 1.82) is 0 Å². The number of amides is 2. The molecule has 27 heavy (non-hydrogen) atoms. The van der Waals surface area contributed by atoms with Gasteiger partial charge in [-0.15, -0.1) is 0 Å². The maximum Gasteiger partial charge on any atom is 0.239 e. The molecule has 1 aliphatic heterocycles. The van der Waals surface area contributed by atoms with E-state index in [0.29, 0.717) is 0 Å². The Morgan fingerprint density at radius 3 is 1.59 bits per heavy atom. The predicted molar refractivity (Wildman–Crippen MR) is 99.5 cm³/mol. The molecule has 1 aliphatic carbocycles. The van der Waals surface area contributed by atoms with Gasteiger partial charge in [-0.2, -0.15) is 0 Å². The van der Waals surface area contributed by atoms with Crippen LogP contribution >= 0.6 is 0 Å². The molecule has 132 valence electrons. The molecule has 2 amide bonds. The fourth-order valence-electron chi connectivity index (χ4n) is 4.63. The molecule has 0 bridgehead atoms. The Kier molecular flexibility index (Phi) is 3.31. The largest absolute Gasteiger partial charge is 0.274 e. The molecule has 3 aromatic carbocycles. The number of piperidine rings is 1. The van der Waals surface area contributed by atoms with Gasteiger partial charge >= 0.3 is 0 Å². The van der Waals surface area contributed by atoms with Gasteiger partial charge in [0.2, 0.25) is 11.8 Å². The first-order chi connectivity index (χ1) is 13.2. The molecule has 2 fully saturated rings. The van der Waals surface area contributed by atoms with Crippen molar-refractivity contribution >= 4 is 17.5 Å². The normalized spacial score (nSPS) is 22.6. The van der Waals surface area contributed by atoms with E-state index in [1.807, 2.05) is 60.7 Å². The molecule has 3 aromatic rings. The summed E-state index contributed by atoms with van der Waals surface area (Å²) in [4.78, 5) is 27.4. The molecule has 5 rings (SSSR count). The van der Waals surface area contributed by atoms with Crippen molar-refractivity contribution in [3.8, 4) is 0 Å². The Morgan fingerprint density at radius 2 is 1.11 bits per heavy atom. The van der Waals surface area contributed by atoms with E-state index in [-0.39, 0.29) is 17.5 Å². The highest BCUT2D eigenvalue weighted by atomic mass is 19.1. The lowest BCUT2D eigenvalue weighted by Crippen LogP contribution is -2.39. The van der Waals surface area contributed by atoms with Crippen molar-refractivity contribution in [1.82, 2.24) is 0 Å². The molecule has 0 aromatic heterocycles. The summed E-state index contributed by atoms with van der Waals surface area (Å²) in [5.74, 6) is -2.24. The highest BCUT2D eigenvalue weighted by Crippen LogP contribution is 2.68. The Bertz CT molecular complexity index is 985. The lowest BCUT2D eigenvalue weighted by atomic mass is 9.83. The van der Waals surface area contributed by atoms with Crippen LogP contribution in [0.15, 0.2) is 84.9 Å². The quantitative estimate of drug-likeness (QED) is 0.666. The van der Waals surface area contributed by atoms with Crippen molar-refractivity contribution in [3.63, 3.8) is 0 Å². The molecule has 0 spiro atoms. The van der Waals surface area contributed by atoms with E-state index in [2.05, 4.69) is 0 Å². The molecular weight excluding hydrogens is 341 g/mol. The van der Waals surface area contributed by atoms with Gasteiger partial charge in [-0.3, -0.25) is 9.59 Å². The van der Waals surface area contributed by atoms with Gasteiger partial charge in [0.15, 0.2) is 0 Å². The third-order valence-corrected chi connectivity index (χ3v) is 5.77. The second-order valence-electron chi connectivity index (χ2n) is 7.02. The minimum absolute atomic E-state index is 0.0368. The number of nitrogens with zero attached hydrogens (tertiary/aromatic N) is 1. The van der Waals surface area contributed by atoms with Crippen LogP contribution in [0.5, 0.6) is 0 Å². The molecule has 2 unspecified atom stereocenters. The van der Waals surface area contributed by atoms with Crippen LogP contribution in [-0.2, 0) is 15.0 Å². The van der Waals surface area contributed by atoms with E-state index in [0.717, 1.165) is 16.0 Å². The molecule has 1 heterocycles. The van der Waals surface area contributed by atoms with Crippen molar-refractivity contribution in [2.45, 2.75) is 5.41 Å². The zero-order chi connectivity index (χ0) is 18.6. The van der Waals surface area contributed by atoms with Gasteiger partial charge in [-0.1, -0.05) is 72.8 Å². The first kappa shape index (κ1) is 15.9.